The SMILES string of the molecule is CC[C@H](C(=O)N[C@H](C)CCc1ccccc1)N(c1cc(C)cc(C)c1)S(C)(=O)=O. The molecule has 0 unspecified atom stereocenters. The van der Waals surface area contributed by atoms with Crippen molar-refractivity contribution in [3.8, 4) is 0 Å². The molecule has 0 saturated carbocycles. The summed E-state index contributed by atoms with van der Waals surface area (Å²) in [7, 11) is -3.63. The third-order valence-corrected chi connectivity index (χ3v) is 6.07. The number of carbonyl (C=O) groups excluding carboxylic acids is 1. The number of anilines is 1. The standard InChI is InChI=1S/C23H32N2O3S/c1-6-22(23(26)24-19(4)12-13-20-10-8-7-9-11-20)25(29(5,27)28)21-15-17(2)14-18(3)16-21/h7-11,14-16,19,22H,6,12-13H2,1-5H3,(H,24,26)/t19-,22-/m1/s1. The Balaban J connectivity index is 2.17. The van der Waals surface area contributed by atoms with Crippen molar-refractivity contribution in [1.29, 1.82) is 0 Å². The molecule has 0 aromatic heterocycles. The van der Waals surface area contributed by atoms with Crippen molar-refractivity contribution in [3.63, 3.8) is 0 Å². The van der Waals surface area contributed by atoms with E-state index in [9.17, 15) is 13.2 Å². The van der Waals surface area contributed by atoms with E-state index in [4.69, 9.17) is 0 Å². The molecule has 2 aromatic rings. The van der Waals surface area contributed by atoms with E-state index in [-0.39, 0.29) is 11.9 Å². The summed E-state index contributed by atoms with van der Waals surface area (Å²) in [6.07, 6.45) is 3.18. The minimum Gasteiger partial charge on any atom is -0.352 e. The van der Waals surface area contributed by atoms with Crippen molar-refractivity contribution in [1.82, 2.24) is 5.32 Å². The highest BCUT2D eigenvalue weighted by molar-refractivity contribution is 7.92. The number of nitrogens with one attached hydrogen (secondary N) is 1. The summed E-state index contributed by atoms with van der Waals surface area (Å²) in [5.74, 6) is -0.266. The molecule has 1 amide bonds. The second-order valence-electron chi connectivity index (χ2n) is 7.76. The zero-order chi connectivity index (χ0) is 21.6. The van der Waals surface area contributed by atoms with Gasteiger partial charge in [0.25, 0.3) is 0 Å². The van der Waals surface area contributed by atoms with Gasteiger partial charge in [-0.2, -0.15) is 0 Å². The zero-order valence-electron chi connectivity index (χ0n) is 18.0. The number of carbonyl (C=O) groups is 1. The lowest BCUT2D eigenvalue weighted by molar-refractivity contribution is -0.122. The summed E-state index contributed by atoms with van der Waals surface area (Å²) in [6, 6.07) is 14.9. The van der Waals surface area contributed by atoms with Crippen LogP contribution in [-0.4, -0.2) is 32.7 Å². The molecule has 0 radical (unpaired) electrons. The second-order valence-corrected chi connectivity index (χ2v) is 9.62. The third kappa shape index (κ3) is 6.60. The Kier molecular flexibility index (Phi) is 7.85. The van der Waals surface area contributed by atoms with Crippen molar-refractivity contribution in [2.45, 2.75) is 59.0 Å². The molecule has 6 heteroatoms. The van der Waals surface area contributed by atoms with Crippen molar-refractivity contribution >= 4 is 21.6 Å². The Morgan fingerprint density at radius 1 is 1.07 bits per heavy atom. The van der Waals surface area contributed by atoms with Gasteiger partial charge < -0.3 is 5.32 Å². The van der Waals surface area contributed by atoms with Crippen LogP contribution in [0.1, 0.15) is 43.4 Å². The quantitative estimate of drug-likeness (QED) is 0.672. The number of benzene rings is 2. The third-order valence-electron chi connectivity index (χ3n) is 4.89. The van der Waals surface area contributed by atoms with E-state index in [1.54, 1.807) is 0 Å². The summed E-state index contributed by atoms with van der Waals surface area (Å²) in [5, 5.41) is 3.01. The predicted molar refractivity (Wildman–Crippen MR) is 120 cm³/mol. The van der Waals surface area contributed by atoms with Gasteiger partial charge in [0.2, 0.25) is 15.9 Å². The highest BCUT2D eigenvalue weighted by atomic mass is 32.2. The van der Waals surface area contributed by atoms with Crippen LogP contribution < -0.4 is 9.62 Å². The number of aryl methyl sites for hydroxylation is 3. The van der Waals surface area contributed by atoms with E-state index >= 15 is 0 Å². The first-order valence-electron chi connectivity index (χ1n) is 10.0. The fourth-order valence-electron chi connectivity index (χ4n) is 3.58. The fraction of sp³-hybridized carbons (Fsp3) is 0.435. The van der Waals surface area contributed by atoms with E-state index < -0.39 is 16.1 Å². The van der Waals surface area contributed by atoms with Gasteiger partial charge in [0.1, 0.15) is 6.04 Å². The highest BCUT2D eigenvalue weighted by Gasteiger charge is 2.32. The maximum atomic E-state index is 13.0. The monoisotopic (exact) mass is 416 g/mol. The number of hydrogen-bond donors (Lipinski definition) is 1. The summed E-state index contributed by atoms with van der Waals surface area (Å²) in [5.41, 5.74) is 3.66. The molecule has 158 valence electrons. The summed E-state index contributed by atoms with van der Waals surface area (Å²) in [4.78, 5) is 13.0. The lowest BCUT2D eigenvalue weighted by atomic mass is 10.1. The number of amides is 1. The molecule has 0 aliphatic carbocycles. The van der Waals surface area contributed by atoms with Crippen LogP contribution in [0, 0.1) is 13.8 Å². The van der Waals surface area contributed by atoms with E-state index in [0.717, 1.165) is 30.2 Å². The molecule has 0 aliphatic heterocycles. The van der Waals surface area contributed by atoms with Crippen molar-refractivity contribution in [2.24, 2.45) is 0 Å². The second kappa shape index (κ2) is 9.92. The average molecular weight is 417 g/mol. The van der Waals surface area contributed by atoms with E-state index in [1.165, 1.54) is 9.87 Å². The minimum absolute atomic E-state index is 0.0580. The fourth-order valence-corrected chi connectivity index (χ4v) is 4.77. The van der Waals surface area contributed by atoms with Gasteiger partial charge in [-0.1, -0.05) is 43.3 Å². The Labute approximate surface area is 175 Å². The van der Waals surface area contributed by atoms with Gasteiger partial charge in [-0.15, -0.1) is 0 Å². The summed E-state index contributed by atoms with van der Waals surface area (Å²) < 4.78 is 26.5. The largest absolute Gasteiger partial charge is 0.352 e. The molecule has 5 nitrogen and oxygen atoms in total. The van der Waals surface area contributed by atoms with Crippen LogP contribution >= 0.6 is 0 Å². The number of nitrogens with zero attached hydrogens (tertiary/aromatic N) is 1. The molecule has 0 saturated heterocycles. The van der Waals surface area contributed by atoms with Crippen LogP contribution in [0.15, 0.2) is 48.5 Å². The first-order valence-corrected chi connectivity index (χ1v) is 11.9. The van der Waals surface area contributed by atoms with E-state index in [0.29, 0.717) is 12.1 Å². The van der Waals surface area contributed by atoms with Crippen LogP contribution in [0.4, 0.5) is 5.69 Å². The van der Waals surface area contributed by atoms with Crippen molar-refractivity contribution < 1.29 is 13.2 Å². The zero-order valence-corrected chi connectivity index (χ0v) is 18.8. The smallest absolute Gasteiger partial charge is 0.244 e. The van der Waals surface area contributed by atoms with Gasteiger partial charge in [0, 0.05) is 6.04 Å². The van der Waals surface area contributed by atoms with Gasteiger partial charge in [0.05, 0.1) is 11.9 Å². The Morgan fingerprint density at radius 2 is 1.66 bits per heavy atom. The highest BCUT2D eigenvalue weighted by Crippen LogP contribution is 2.25. The molecule has 0 fully saturated rings. The first kappa shape index (κ1) is 22.9. The average Bonchev–Trinajstić information content (AvgIpc) is 2.63. The van der Waals surface area contributed by atoms with E-state index in [1.807, 2.05) is 64.1 Å². The molecule has 0 heterocycles. The van der Waals surface area contributed by atoms with Crippen molar-refractivity contribution in [2.75, 3.05) is 10.6 Å². The van der Waals surface area contributed by atoms with Crippen LogP contribution in [0.2, 0.25) is 0 Å². The Bertz CT molecular complexity index is 906. The molecular formula is C23H32N2O3S. The Morgan fingerprint density at radius 3 is 2.17 bits per heavy atom. The first-order chi connectivity index (χ1) is 13.6. The summed E-state index contributed by atoms with van der Waals surface area (Å²) >= 11 is 0. The molecule has 29 heavy (non-hydrogen) atoms. The number of hydrogen-bond acceptors (Lipinski definition) is 3. The van der Waals surface area contributed by atoms with Crippen LogP contribution in [0.5, 0.6) is 0 Å². The molecule has 0 bridgehead atoms. The normalized spacial score (nSPS) is 13.6. The molecule has 2 aromatic carbocycles. The summed E-state index contributed by atoms with van der Waals surface area (Å²) in [6.45, 7) is 7.63. The number of sulfonamides is 1. The topological polar surface area (TPSA) is 66.5 Å². The van der Waals surface area contributed by atoms with Crippen LogP contribution in [-0.2, 0) is 21.2 Å². The van der Waals surface area contributed by atoms with E-state index in [2.05, 4.69) is 17.4 Å². The van der Waals surface area contributed by atoms with Gasteiger partial charge in [-0.25, -0.2) is 8.42 Å². The maximum Gasteiger partial charge on any atom is 0.244 e. The van der Waals surface area contributed by atoms with Crippen LogP contribution in [0.25, 0.3) is 0 Å². The van der Waals surface area contributed by atoms with Gasteiger partial charge in [-0.3, -0.25) is 9.10 Å². The van der Waals surface area contributed by atoms with Crippen LogP contribution in [0.3, 0.4) is 0 Å². The molecule has 0 aliphatic rings. The molecule has 1 N–H and O–H groups in total. The van der Waals surface area contributed by atoms with Gasteiger partial charge >= 0.3 is 0 Å². The molecule has 2 atom stereocenters. The van der Waals surface area contributed by atoms with Gasteiger partial charge in [-0.05, 0) is 68.9 Å². The minimum atomic E-state index is -3.63. The van der Waals surface area contributed by atoms with Crippen molar-refractivity contribution in [3.05, 3.63) is 65.2 Å². The molecular weight excluding hydrogens is 384 g/mol. The lowest BCUT2D eigenvalue weighted by Gasteiger charge is -2.31. The maximum absolute atomic E-state index is 13.0. The Hall–Kier alpha value is -2.34. The number of rotatable bonds is 9. The molecule has 2 rings (SSSR count). The van der Waals surface area contributed by atoms with Gasteiger partial charge in [0.15, 0.2) is 0 Å². The predicted octanol–water partition coefficient (Wildman–Crippen LogP) is 3.99. The lowest BCUT2D eigenvalue weighted by Crippen LogP contribution is -2.51. The molecule has 0 spiro atoms.